The molecule has 0 radical (unpaired) electrons. The number of ether oxygens (including phenoxy) is 3. The van der Waals surface area contributed by atoms with Gasteiger partial charge >= 0.3 is 6.16 Å². The highest BCUT2D eigenvalue weighted by molar-refractivity contribution is 5.60. The van der Waals surface area contributed by atoms with Crippen molar-refractivity contribution in [1.29, 1.82) is 0 Å². The van der Waals surface area contributed by atoms with Gasteiger partial charge in [0.2, 0.25) is 0 Å². The molecule has 4 aliphatic carbocycles. The minimum absolute atomic E-state index is 0.0355. The van der Waals surface area contributed by atoms with E-state index in [9.17, 15) is 4.79 Å². The van der Waals surface area contributed by atoms with Gasteiger partial charge in [-0.15, -0.1) is 0 Å². The summed E-state index contributed by atoms with van der Waals surface area (Å²) in [4.78, 5) is 12.3. The molecule has 0 bridgehead atoms. The van der Waals surface area contributed by atoms with E-state index in [1.54, 1.807) is 5.57 Å². The Hall–Kier alpha value is -1.03. The van der Waals surface area contributed by atoms with Crippen molar-refractivity contribution in [2.75, 3.05) is 19.8 Å². The fraction of sp³-hybridized carbons (Fsp3) is 0.909. The zero-order valence-electron chi connectivity index (χ0n) is 24.9. The van der Waals surface area contributed by atoms with Gasteiger partial charge in [-0.1, -0.05) is 65.5 Å². The van der Waals surface area contributed by atoms with Crippen molar-refractivity contribution < 1.29 is 19.0 Å². The maximum absolute atomic E-state index is 12.3. The van der Waals surface area contributed by atoms with Crippen LogP contribution in [0.5, 0.6) is 0 Å². The molecule has 0 spiro atoms. The Bertz CT molecular complexity index is 789. The predicted molar refractivity (Wildman–Crippen MR) is 150 cm³/mol. The molecule has 4 rings (SSSR count). The van der Waals surface area contributed by atoms with Gasteiger partial charge in [0, 0.05) is 26.1 Å². The number of hydrogen-bond donors (Lipinski definition) is 0. The first-order chi connectivity index (χ1) is 17.7. The van der Waals surface area contributed by atoms with Gasteiger partial charge in [-0.2, -0.15) is 0 Å². The van der Waals surface area contributed by atoms with Crippen LogP contribution in [0.15, 0.2) is 11.6 Å². The molecule has 0 amide bonds. The van der Waals surface area contributed by atoms with Gasteiger partial charge in [0.15, 0.2) is 0 Å². The number of carbonyl (C=O) groups excluding carboxylic acids is 1. The molecule has 8 atom stereocenters. The number of carbonyl (C=O) groups is 1. The molecule has 0 aromatic rings. The molecule has 0 saturated heterocycles. The highest BCUT2D eigenvalue weighted by atomic mass is 16.7. The van der Waals surface area contributed by atoms with E-state index in [4.69, 9.17) is 14.2 Å². The van der Waals surface area contributed by atoms with E-state index >= 15 is 0 Å². The van der Waals surface area contributed by atoms with Crippen LogP contribution in [0, 0.1) is 46.3 Å². The summed E-state index contributed by atoms with van der Waals surface area (Å²) in [5.74, 6) is 5.13. The Labute approximate surface area is 227 Å². The van der Waals surface area contributed by atoms with Crippen LogP contribution in [0.3, 0.4) is 0 Å². The lowest BCUT2D eigenvalue weighted by molar-refractivity contribution is -0.0618. The van der Waals surface area contributed by atoms with Crippen molar-refractivity contribution in [2.24, 2.45) is 46.3 Å². The third-order valence-electron chi connectivity index (χ3n) is 11.4. The number of rotatable bonds is 11. The first-order valence-corrected chi connectivity index (χ1v) is 15.8. The van der Waals surface area contributed by atoms with Gasteiger partial charge in [-0.3, -0.25) is 0 Å². The van der Waals surface area contributed by atoms with E-state index in [0.717, 1.165) is 61.2 Å². The third kappa shape index (κ3) is 6.25. The molecule has 212 valence electrons. The van der Waals surface area contributed by atoms with Crippen LogP contribution in [0.2, 0.25) is 0 Å². The highest BCUT2D eigenvalue weighted by Crippen LogP contribution is 2.67. The van der Waals surface area contributed by atoms with Crippen LogP contribution < -0.4 is 0 Å². The van der Waals surface area contributed by atoms with E-state index in [1.807, 2.05) is 6.92 Å². The smallest absolute Gasteiger partial charge is 0.434 e. The average molecular weight is 517 g/mol. The van der Waals surface area contributed by atoms with Crippen LogP contribution in [-0.2, 0) is 14.2 Å². The molecule has 0 N–H and O–H groups in total. The molecule has 0 unspecified atom stereocenters. The van der Waals surface area contributed by atoms with Crippen LogP contribution in [0.4, 0.5) is 4.79 Å². The van der Waals surface area contributed by atoms with E-state index in [2.05, 4.69) is 40.7 Å². The average Bonchev–Trinajstić information content (AvgIpc) is 3.21. The second-order valence-corrected chi connectivity index (χ2v) is 13.9. The lowest BCUT2D eigenvalue weighted by atomic mass is 9.47. The fourth-order valence-corrected chi connectivity index (χ4v) is 9.38. The maximum atomic E-state index is 12.3. The maximum Gasteiger partial charge on any atom is 0.508 e. The Morgan fingerprint density at radius 3 is 2.57 bits per heavy atom. The zero-order valence-corrected chi connectivity index (χ0v) is 24.9. The lowest BCUT2D eigenvalue weighted by Gasteiger charge is -2.58. The minimum atomic E-state index is -0.507. The van der Waals surface area contributed by atoms with Crippen molar-refractivity contribution >= 4 is 6.16 Å². The van der Waals surface area contributed by atoms with Gasteiger partial charge in [-0.05, 0) is 98.2 Å². The Morgan fingerprint density at radius 2 is 1.81 bits per heavy atom. The molecule has 0 heterocycles. The van der Waals surface area contributed by atoms with Crippen LogP contribution >= 0.6 is 0 Å². The van der Waals surface area contributed by atoms with Gasteiger partial charge < -0.3 is 14.2 Å². The van der Waals surface area contributed by atoms with Crippen LogP contribution in [0.1, 0.15) is 119 Å². The number of hydrogen-bond acceptors (Lipinski definition) is 4. The molecule has 4 heteroatoms. The van der Waals surface area contributed by atoms with Crippen molar-refractivity contribution in [3.63, 3.8) is 0 Å². The Morgan fingerprint density at radius 1 is 1.00 bits per heavy atom. The standard InChI is InChI=1S/C33H56O4/c1-7-35-20-9-21-36-31(34)37-26-16-18-32(5)25(22-26)12-13-27-29-15-14-28(24(4)11-8-10-23(2)3)33(29,6)19-17-30(27)32/h12,23-24,26-30H,7-11,13-22H2,1-6H3/t24-,26+,27+,28-,29+,30+,32+,33-/m1/s1. The summed E-state index contributed by atoms with van der Waals surface area (Å²) in [6.45, 7) is 16.2. The molecule has 37 heavy (non-hydrogen) atoms. The van der Waals surface area contributed by atoms with Gasteiger partial charge in [0.1, 0.15) is 6.10 Å². The first-order valence-electron chi connectivity index (χ1n) is 15.8. The molecule has 0 aliphatic heterocycles. The highest BCUT2D eigenvalue weighted by Gasteiger charge is 2.59. The summed E-state index contributed by atoms with van der Waals surface area (Å²) in [5.41, 5.74) is 2.38. The summed E-state index contributed by atoms with van der Waals surface area (Å²) in [7, 11) is 0. The quantitative estimate of drug-likeness (QED) is 0.156. The van der Waals surface area contributed by atoms with Gasteiger partial charge in [0.25, 0.3) is 0 Å². The Balaban J connectivity index is 1.34. The fourth-order valence-electron chi connectivity index (χ4n) is 9.38. The summed E-state index contributed by atoms with van der Waals surface area (Å²) >= 11 is 0. The molecule has 0 aromatic carbocycles. The third-order valence-corrected chi connectivity index (χ3v) is 11.4. The molecule has 4 nitrogen and oxygen atoms in total. The summed E-state index contributed by atoms with van der Waals surface area (Å²) in [6.07, 6.45) is 16.9. The Kier molecular flexibility index (Phi) is 9.73. The number of fused-ring (bicyclic) bond motifs is 5. The molecular weight excluding hydrogens is 460 g/mol. The molecular formula is C33H56O4. The zero-order chi connectivity index (χ0) is 26.6. The second-order valence-electron chi connectivity index (χ2n) is 13.9. The van der Waals surface area contributed by atoms with Crippen molar-refractivity contribution in [3.05, 3.63) is 11.6 Å². The molecule has 4 aliphatic rings. The van der Waals surface area contributed by atoms with Crippen LogP contribution in [0.25, 0.3) is 0 Å². The molecule has 3 fully saturated rings. The van der Waals surface area contributed by atoms with Gasteiger partial charge in [0.05, 0.1) is 6.61 Å². The second kappa shape index (κ2) is 12.4. The number of allylic oxidation sites excluding steroid dienone is 1. The summed E-state index contributed by atoms with van der Waals surface area (Å²) in [6, 6.07) is 0. The minimum Gasteiger partial charge on any atom is -0.434 e. The van der Waals surface area contributed by atoms with E-state index in [1.165, 1.54) is 51.4 Å². The van der Waals surface area contributed by atoms with E-state index in [0.29, 0.717) is 25.2 Å². The van der Waals surface area contributed by atoms with Crippen LogP contribution in [-0.4, -0.2) is 32.1 Å². The predicted octanol–water partition coefficient (Wildman–Crippen LogP) is 8.98. The van der Waals surface area contributed by atoms with E-state index in [-0.39, 0.29) is 11.5 Å². The lowest BCUT2D eigenvalue weighted by Crippen LogP contribution is -2.51. The summed E-state index contributed by atoms with van der Waals surface area (Å²) < 4.78 is 16.4. The van der Waals surface area contributed by atoms with Crippen molar-refractivity contribution in [2.45, 2.75) is 125 Å². The summed E-state index contributed by atoms with van der Waals surface area (Å²) in [5, 5.41) is 0. The first kappa shape index (κ1) is 29.0. The van der Waals surface area contributed by atoms with Crippen molar-refractivity contribution in [1.82, 2.24) is 0 Å². The topological polar surface area (TPSA) is 44.8 Å². The van der Waals surface area contributed by atoms with Gasteiger partial charge in [-0.25, -0.2) is 4.79 Å². The molecule has 0 aromatic heterocycles. The SMILES string of the molecule is CCOCCCOC(=O)O[C@H]1CC[C@@]2(C)C(=CC[C@H]3[C@@H]4CC[C@H]([C@H](C)CCCC(C)C)[C@@]4(C)CC[C@@H]32)C1. The normalized spacial score (nSPS) is 37.8. The molecule has 3 saturated carbocycles. The van der Waals surface area contributed by atoms with E-state index < -0.39 is 6.16 Å². The monoisotopic (exact) mass is 516 g/mol. The van der Waals surface area contributed by atoms with Crippen molar-refractivity contribution in [3.8, 4) is 0 Å². The largest absolute Gasteiger partial charge is 0.508 e.